The van der Waals surface area contributed by atoms with Crippen LogP contribution in [0.25, 0.3) is 0 Å². The number of hydrogen-bond acceptors (Lipinski definition) is 1. The third-order valence-electron chi connectivity index (χ3n) is 4.94. The molecule has 1 heteroatoms. The van der Waals surface area contributed by atoms with E-state index >= 15 is 0 Å². The van der Waals surface area contributed by atoms with Crippen molar-refractivity contribution in [3.63, 3.8) is 0 Å². The Kier molecular flexibility index (Phi) is 3.63. The van der Waals surface area contributed by atoms with Crippen molar-refractivity contribution < 1.29 is 0 Å². The summed E-state index contributed by atoms with van der Waals surface area (Å²) in [7, 11) is 2.20. The zero-order valence-corrected chi connectivity index (χ0v) is 13.4. The maximum absolute atomic E-state index is 2.40. The molecule has 114 valence electrons. The molecule has 3 aromatic rings. The molecule has 0 spiro atoms. The first-order valence-electron chi connectivity index (χ1n) is 8.24. The minimum atomic E-state index is 0.408. The van der Waals surface area contributed by atoms with Crippen molar-refractivity contribution in [2.45, 2.75) is 11.8 Å². The molecule has 0 saturated carbocycles. The SMILES string of the molecule is CN1C[C@@H](c2ccccc2)[C@H](c2ccccc2)c2ccccc21. The van der Waals surface area contributed by atoms with Crippen LogP contribution in [0, 0.1) is 0 Å². The number of hydrogen-bond donors (Lipinski definition) is 0. The van der Waals surface area contributed by atoms with E-state index < -0.39 is 0 Å². The van der Waals surface area contributed by atoms with Crippen LogP contribution in [0.5, 0.6) is 0 Å². The average molecular weight is 299 g/mol. The van der Waals surface area contributed by atoms with E-state index in [1.807, 2.05) is 0 Å². The summed E-state index contributed by atoms with van der Waals surface area (Å²) < 4.78 is 0. The summed E-state index contributed by atoms with van der Waals surface area (Å²) in [6.07, 6.45) is 0. The quantitative estimate of drug-likeness (QED) is 0.640. The molecular weight excluding hydrogens is 278 g/mol. The van der Waals surface area contributed by atoms with Gasteiger partial charge in [-0.2, -0.15) is 0 Å². The second kappa shape index (κ2) is 5.92. The fourth-order valence-corrected chi connectivity index (χ4v) is 3.88. The van der Waals surface area contributed by atoms with Crippen molar-refractivity contribution in [2.75, 3.05) is 18.5 Å². The molecule has 3 aromatic carbocycles. The monoisotopic (exact) mass is 299 g/mol. The summed E-state index contributed by atoms with van der Waals surface area (Å²) in [6, 6.07) is 30.7. The first-order valence-corrected chi connectivity index (χ1v) is 8.24. The average Bonchev–Trinajstić information content (AvgIpc) is 2.63. The largest absolute Gasteiger partial charge is 0.374 e. The van der Waals surface area contributed by atoms with Gasteiger partial charge in [0.15, 0.2) is 0 Å². The molecule has 23 heavy (non-hydrogen) atoms. The highest BCUT2D eigenvalue weighted by atomic mass is 15.1. The van der Waals surface area contributed by atoms with Crippen LogP contribution < -0.4 is 4.90 Å². The second-order valence-corrected chi connectivity index (χ2v) is 6.34. The van der Waals surface area contributed by atoms with Crippen LogP contribution in [0.3, 0.4) is 0 Å². The van der Waals surface area contributed by atoms with Gasteiger partial charge in [-0.3, -0.25) is 0 Å². The van der Waals surface area contributed by atoms with Crippen LogP contribution >= 0.6 is 0 Å². The van der Waals surface area contributed by atoms with Crippen LogP contribution in [-0.2, 0) is 0 Å². The van der Waals surface area contributed by atoms with Crippen LogP contribution in [0.1, 0.15) is 28.5 Å². The molecular formula is C22H21N. The topological polar surface area (TPSA) is 3.24 Å². The number of anilines is 1. The molecule has 1 nitrogen and oxygen atoms in total. The molecule has 4 rings (SSSR count). The Balaban J connectivity index is 1.89. The Morgan fingerprint density at radius 3 is 1.96 bits per heavy atom. The molecule has 0 bridgehead atoms. The Bertz CT molecular complexity index is 779. The molecule has 2 atom stereocenters. The van der Waals surface area contributed by atoms with E-state index in [2.05, 4.69) is 96.9 Å². The standard InChI is InChI=1S/C22H21N/c1-23-16-20(17-10-4-2-5-11-17)22(18-12-6-3-7-13-18)19-14-8-9-15-21(19)23/h2-15,20,22H,16H2,1H3/t20-,22+/m0/s1. The van der Waals surface area contributed by atoms with Gasteiger partial charge in [-0.25, -0.2) is 0 Å². The van der Waals surface area contributed by atoms with Crippen molar-refractivity contribution in [3.05, 3.63) is 102 Å². The first-order chi connectivity index (χ1) is 11.3. The molecule has 0 N–H and O–H groups in total. The zero-order valence-electron chi connectivity index (χ0n) is 13.4. The Morgan fingerprint density at radius 2 is 1.26 bits per heavy atom. The lowest BCUT2D eigenvalue weighted by atomic mass is 9.74. The van der Waals surface area contributed by atoms with Crippen molar-refractivity contribution >= 4 is 5.69 Å². The van der Waals surface area contributed by atoms with E-state index in [0.29, 0.717) is 11.8 Å². The highest BCUT2D eigenvalue weighted by molar-refractivity contribution is 5.61. The highest BCUT2D eigenvalue weighted by Gasteiger charge is 2.33. The first kappa shape index (κ1) is 14.1. The second-order valence-electron chi connectivity index (χ2n) is 6.34. The lowest BCUT2D eigenvalue weighted by Gasteiger charge is -2.40. The van der Waals surface area contributed by atoms with Gasteiger partial charge >= 0.3 is 0 Å². The summed E-state index contributed by atoms with van der Waals surface area (Å²) >= 11 is 0. The van der Waals surface area contributed by atoms with E-state index in [1.165, 1.54) is 22.4 Å². The van der Waals surface area contributed by atoms with Crippen molar-refractivity contribution in [1.82, 2.24) is 0 Å². The third-order valence-corrected chi connectivity index (χ3v) is 4.94. The summed E-state index contributed by atoms with van der Waals surface area (Å²) in [4.78, 5) is 2.40. The third kappa shape index (κ3) is 2.53. The van der Waals surface area contributed by atoms with Crippen molar-refractivity contribution in [3.8, 4) is 0 Å². The van der Waals surface area contributed by atoms with Crippen molar-refractivity contribution in [1.29, 1.82) is 0 Å². The van der Waals surface area contributed by atoms with E-state index in [-0.39, 0.29) is 0 Å². The molecule has 1 aliphatic heterocycles. The summed E-state index contributed by atoms with van der Waals surface area (Å²) in [6.45, 7) is 1.04. The summed E-state index contributed by atoms with van der Waals surface area (Å²) in [5.41, 5.74) is 5.61. The van der Waals surface area contributed by atoms with Gasteiger partial charge < -0.3 is 4.90 Å². The van der Waals surface area contributed by atoms with Crippen LogP contribution in [0.2, 0.25) is 0 Å². The molecule has 0 radical (unpaired) electrons. The van der Waals surface area contributed by atoms with Gasteiger partial charge in [-0.15, -0.1) is 0 Å². The van der Waals surface area contributed by atoms with Gasteiger partial charge in [0.05, 0.1) is 0 Å². The molecule has 0 unspecified atom stereocenters. The maximum Gasteiger partial charge on any atom is 0.0402 e. The molecule has 0 fully saturated rings. The lowest BCUT2D eigenvalue weighted by Crippen LogP contribution is -2.34. The molecule has 1 aliphatic rings. The van der Waals surface area contributed by atoms with Gasteiger partial charge in [0.2, 0.25) is 0 Å². The summed E-state index contributed by atoms with van der Waals surface area (Å²) in [5, 5.41) is 0. The predicted molar refractivity (Wildman–Crippen MR) is 97.2 cm³/mol. The van der Waals surface area contributed by atoms with Gasteiger partial charge in [0, 0.05) is 31.1 Å². The molecule has 0 saturated heterocycles. The molecule has 0 amide bonds. The van der Waals surface area contributed by atoms with E-state index in [4.69, 9.17) is 0 Å². The number of benzene rings is 3. The van der Waals surface area contributed by atoms with Crippen LogP contribution in [0.15, 0.2) is 84.9 Å². The zero-order chi connectivity index (χ0) is 15.6. The van der Waals surface area contributed by atoms with Gasteiger partial charge in [0.1, 0.15) is 0 Å². The van der Waals surface area contributed by atoms with Crippen LogP contribution in [0.4, 0.5) is 5.69 Å². The van der Waals surface area contributed by atoms with Gasteiger partial charge in [-0.05, 0) is 22.8 Å². The maximum atomic E-state index is 2.40. The Morgan fingerprint density at radius 1 is 0.696 bits per heavy atom. The molecule has 0 aliphatic carbocycles. The number of para-hydroxylation sites is 1. The number of fused-ring (bicyclic) bond motifs is 1. The van der Waals surface area contributed by atoms with Crippen LogP contribution in [-0.4, -0.2) is 13.6 Å². The lowest BCUT2D eigenvalue weighted by molar-refractivity contribution is 0.570. The molecule has 1 heterocycles. The normalized spacial score (nSPS) is 20.1. The molecule has 0 aromatic heterocycles. The van der Waals surface area contributed by atoms with Gasteiger partial charge in [-0.1, -0.05) is 78.9 Å². The smallest absolute Gasteiger partial charge is 0.0402 e. The van der Waals surface area contributed by atoms with E-state index in [1.54, 1.807) is 0 Å². The Hall–Kier alpha value is -2.54. The summed E-state index contributed by atoms with van der Waals surface area (Å²) in [5.74, 6) is 0.879. The van der Waals surface area contributed by atoms with E-state index in [9.17, 15) is 0 Å². The minimum absolute atomic E-state index is 0.408. The van der Waals surface area contributed by atoms with Crippen molar-refractivity contribution in [2.24, 2.45) is 0 Å². The number of likely N-dealkylation sites (N-methyl/N-ethyl adjacent to an activating group) is 1. The van der Waals surface area contributed by atoms with Gasteiger partial charge in [0.25, 0.3) is 0 Å². The fraction of sp³-hybridized carbons (Fsp3) is 0.182. The fourth-order valence-electron chi connectivity index (χ4n) is 3.88. The predicted octanol–water partition coefficient (Wildman–Crippen LogP) is 5.05. The number of nitrogens with zero attached hydrogens (tertiary/aromatic N) is 1. The van der Waals surface area contributed by atoms with E-state index in [0.717, 1.165) is 6.54 Å². The number of rotatable bonds is 2. The Labute approximate surface area is 138 Å². The highest BCUT2D eigenvalue weighted by Crippen LogP contribution is 2.46. The minimum Gasteiger partial charge on any atom is -0.374 e.